The maximum Gasteiger partial charge on any atom is 0.307 e. The zero-order valence-electron chi connectivity index (χ0n) is 11.8. The third-order valence-electron chi connectivity index (χ3n) is 2.87. The second kappa shape index (κ2) is 6.60. The van der Waals surface area contributed by atoms with Crippen LogP contribution in [0.4, 0.5) is 0 Å². The van der Waals surface area contributed by atoms with Crippen molar-refractivity contribution in [1.29, 1.82) is 0 Å². The SMILES string of the molecule is COC(=O)CCN(C)C(=O)c1ccc(-n2cncn2)nc1. The van der Waals surface area contributed by atoms with Gasteiger partial charge in [0.15, 0.2) is 5.82 Å². The number of methoxy groups -OCH3 is 1. The molecule has 110 valence electrons. The quantitative estimate of drug-likeness (QED) is 0.735. The lowest BCUT2D eigenvalue weighted by Crippen LogP contribution is -2.29. The van der Waals surface area contributed by atoms with Gasteiger partial charge in [-0.15, -0.1) is 0 Å². The van der Waals surface area contributed by atoms with Gasteiger partial charge in [-0.1, -0.05) is 0 Å². The number of ether oxygens (including phenoxy) is 1. The van der Waals surface area contributed by atoms with Crippen molar-refractivity contribution in [1.82, 2.24) is 24.6 Å². The summed E-state index contributed by atoms with van der Waals surface area (Å²) < 4.78 is 6.03. The number of carbonyl (C=O) groups excluding carboxylic acids is 2. The first kappa shape index (κ1) is 14.6. The standard InChI is InChI=1S/C13H15N5O3/c1-17(6-5-12(19)21-2)13(20)10-3-4-11(15-7-10)18-9-14-8-16-18/h3-4,7-9H,5-6H2,1-2H3. The molecule has 0 aliphatic rings. The molecule has 1 amide bonds. The number of hydrogen-bond donors (Lipinski definition) is 0. The third kappa shape index (κ3) is 3.62. The van der Waals surface area contributed by atoms with Gasteiger partial charge in [0.1, 0.15) is 12.7 Å². The van der Waals surface area contributed by atoms with E-state index in [1.165, 1.54) is 35.5 Å². The van der Waals surface area contributed by atoms with Crippen molar-refractivity contribution in [2.24, 2.45) is 0 Å². The molecule has 0 atom stereocenters. The molecule has 0 unspecified atom stereocenters. The average Bonchev–Trinajstić information content (AvgIpc) is 3.06. The summed E-state index contributed by atoms with van der Waals surface area (Å²) in [6, 6.07) is 3.33. The first-order valence-corrected chi connectivity index (χ1v) is 6.25. The number of nitrogens with zero attached hydrogens (tertiary/aromatic N) is 5. The van der Waals surface area contributed by atoms with Crippen molar-refractivity contribution < 1.29 is 14.3 Å². The maximum absolute atomic E-state index is 12.1. The molecule has 0 aromatic carbocycles. The van der Waals surface area contributed by atoms with Crippen molar-refractivity contribution in [2.45, 2.75) is 6.42 Å². The van der Waals surface area contributed by atoms with Crippen LogP contribution in [0, 0.1) is 0 Å². The highest BCUT2D eigenvalue weighted by Crippen LogP contribution is 2.07. The number of carbonyl (C=O) groups is 2. The minimum atomic E-state index is -0.352. The molecule has 2 heterocycles. The molecule has 0 aliphatic carbocycles. The van der Waals surface area contributed by atoms with Gasteiger partial charge in [-0.25, -0.2) is 14.6 Å². The van der Waals surface area contributed by atoms with E-state index in [4.69, 9.17) is 0 Å². The van der Waals surface area contributed by atoms with E-state index in [2.05, 4.69) is 19.8 Å². The zero-order chi connectivity index (χ0) is 15.2. The number of aromatic nitrogens is 4. The Morgan fingerprint density at radius 2 is 2.19 bits per heavy atom. The summed E-state index contributed by atoms with van der Waals surface area (Å²) in [5, 5.41) is 3.95. The topological polar surface area (TPSA) is 90.2 Å². The van der Waals surface area contributed by atoms with E-state index < -0.39 is 0 Å². The van der Waals surface area contributed by atoms with E-state index in [1.807, 2.05) is 0 Å². The van der Waals surface area contributed by atoms with Gasteiger partial charge in [-0.3, -0.25) is 9.59 Å². The van der Waals surface area contributed by atoms with E-state index in [1.54, 1.807) is 19.2 Å². The van der Waals surface area contributed by atoms with Crippen LogP contribution >= 0.6 is 0 Å². The first-order valence-electron chi connectivity index (χ1n) is 6.25. The normalized spacial score (nSPS) is 10.2. The molecule has 2 rings (SSSR count). The molecule has 8 nitrogen and oxygen atoms in total. The summed E-state index contributed by atoms with van der Waals surface area (Å²) >= 11 is 0. The molecule has 21 heavy (non-hydrogen) atoms. The Kier molecular flexibility index (Phi) is 4.60. The Morgan fingerprint density at radius 3 is 2.76 bits per heavy atom. The van der Waals surface area contributed by atoms with E-state index >= 15 is 0 Å². The minimum Gasteiger partial charge on any atom is -0.469 e. The predicted octanol–water partition coefficient (Wildman–Crippen LogP) is 0.297. The third-order valence-corrected chi connectivity index (χ3v) is 2.87. The van der Waals surface area contributed by atoms with Gasteiger partial charge in [0.2, 0.25) is 0 Å². The van der Waals surface area contributed by atoms with E-state index in [0.29, 0.717) is 11.4 Å². The summed E-state index contributed by atoms with van der Waals surface area (Å²) in [5.41, 5.74) is 0.436. The second-order valence-corrected chi connectivity index (χ2v) is 4.30. The molecule has 2 aromatic rings. The fourth-order valence-corrected chi connectivity index (χ4v) is 1.66. The highest BCUT2D eigenvalue weighted by Gasteiger charge is 2.14. The Balaban J connectivity index is 2.01. The van der Waals surface area contributed by atoms with E-state index in [-0.39, 0.29) is 24.8 Å². The lowest BCUT2D eigenvalue weighted by Gasteiger charge is -2.16. The smallest absolute Gasteiger partial charge is 0.307 e. The summed E-state index contributed by atoms with van der Waals surface area (Å²) in [4.78, 5) is 32.6. The van der Waals surface area contributed by atoms with Crippen LogP contribution in [0.5, 0.6) is 0 Å². The van der Waals surface area contributed by atoms with Gasteiger partial charge < -0.3 is 9.64 Å². The van der Waals surface area contributed by atoms with Crippen LogP contribution in [-0.2, 0) is 9.53 Å². The zero-order valence-corrected chi connectivity index (χ0v) is 11.8. The number of rotatable bonds is 5. The molecule has 0 N–H and O–H groups in total. The van der Waals surface area contributed by atoms with Crippen molar-refractivity contribution in [3.05, 3.63) is 36.5 Å². The highest BCUT2D eigenvalue weighted by molar-refractivity contribution is 5.94. The molecule has 0 saturated carbocycles. The fraction of sp³-hybridized carbons (Fsp3) is 0.308. The molecule has 0 saturated heterocycles. The molecule has 0 aliphatic heterocycles. The van der Waals surface area contributed by atoms with Crippen molar-refractivity contribution >= 4 is 11.9 Å². The summed E-state index contributed by atoms with van der Waals surface area (Å²) in [6.07, 6.45) is 4.55. The lowest BCUT2D eigenvalue weighted by atomic mass is 10.2. The Labute approximate surface area is 121 Å². The number of amides is 1. The maximum atomic E-state index is 12.1. The fourth-order valence-electron chi connectivity index (χ4n) is 1.66. The van der Waals surface area contributed by atoms with E-state index in [0.717, 1.165) is 0 Å². The largest absolute Gasteiger partial charge is 0.469 e. The lowest BCUT2D eigenvalue weighted by molar-refractivity contribution is -0.140. The van der Waals surface area contributed by atoms with E-state index in [9.17, 15) is 9.59 Å². The van der Waals surface area contributed by atoms with Gasteiger partial charge in [-0.2, -0.15) is 5.10 Å². The molecule has 0 spiro atoms. The number of esters is 1. The summed E-state index contributed by atoms with van der Waals surface area (Å²) in [6.45, 7) is 0.288. The van der Waals surface area contributed by atoms with Gasteiger partial charge in [0.25, 0.3) is 5.91 Å². The Bertz CT molecular complexity index is 609. The Hall–Kier alpha value is -2.77. The first-order chi connectivity index (χ1) is 10.1. The number of pyridine rings is 1. The Morgan fingerprint density at radius 1 is 1.38 bits per heavy atom. The van der Waals surface area contributed by atoms with Crippen LogP contribution < -0.4 is 0 Å². The predicted molar refractivity (Wildman–Crippen MR) is 72.7 cm³/mol. The van der Waals surface area contributed by atoms with Crippen LogP contribution in [-0.4, -0.2) is 57.2 Å². The molecular formula is C13H15N5O3. The molecular weight excluding hydrogens is 274 g/mol. The van der Waals surface area contributed by atoms with Crippen LogP contribution in [0.1, 0.15) is 16.8 Å². The van der Waals surface area contributed by atoms with Gasteiger partial charge >= 0.3 is 5.97 Å². The molecule has 8 heteroatoms. The summed E-state index contributed by atoms with van der Waals surface area (Å²) in [5.74, 6) is 0.00659. The van der Waals surface area contributed by atoms with Crippen molar-refractivity contribution in [2.75, 3.05) is 20.7 Å². The highest BCUT2D eigenvalue weighted by atomic mass is 16.5. The molecule has 0 radical (unpaired) electrons. The monoisotopic (exact) mass is 289 g/mol. The molecule has 0 bridgehead atoms. The van der Waals surface area contributed by atoms with Crippen LogP contribution in [0.15, 0.2) is 31.0 Å². The van der Waals surface area contributed by atoms with Gasteiger partial charge in [0.05, 0.1) is 19.1 Å². The van der Waals surface area contributed by atoms with Crippen LogP contribution in [0.25, 0.3) is 5.82 Å². The van der Waals surface area contributed by atoms with Gasteiger partial charge in [-0.05, 0) is 12.1 Å². The molecule has 0 fully saturated rings. The minimum absolute atomic E-state index is 0.156. The van der Waals surface area contributed by atoms with Crippen molar-refractivity contribution in [3.63, 3.8) is 0 Å². The summed E-state index contributed by atoms with van der Waals surface area (Å²) in [7, 11) is 2.94. The van der Waals surface area contributed by atoms with Gasteiger partial charge in [0, 0.05) is 19.8 Å². The van der Waals surface area contributed by atoms with Crippen LogP contribution in [0.3, 0.4) is 0 Å². The average molecular weight is 289 g/mol. The number of hydrogen-bond acceptors (Lipinski definition) is 6. The second-order valence-electron chi connectivity index (χ2n) is 4.30. The van der Waals surface area contributed by atoms with Crippen molar-refractivity contribution in [3.8, 4) is 5.82 Å². The van der Waals surface area contributed by atoms with Crippen LogP contribution in [0.2, 0.25) is 0 Å². The molecule has 2 aromatic heterocycles.